The van der Waals surface area contributed by atoms with Crippen LogP contribution in [0, 0.1) is 0 Å². The van der Waals surface area contributed by atoms with Crippen LogP contribution in [0.1, 0.15) is 5.56 Å². The van der Waals surface area contributed by atoms with Crippen molar-refractivity contribution in [1.29, 1.82) is 0 Å². The van der Waals surface area contributed by atoms with Crippen molar-refractivity contribution in [2.45, 2.75) is 6.42 Å². The lowest BCUT2D eigenvalue weighted by molar-refractivity contribution is 0.455. The summed E-state index contributed by atoms with van der Waals surface area (Å²) in [7, 11) is 0. The van der Waals surface area contributed by atoms with Crippen molar-refractivity contribution in [2.75, 3.05) is 11.9 Å². The van der Waals surface area contributed by atoms with Gasteiger partial charge in [0.25, 0.3) is 0 Å². The highest BCUT2D eigenvalue weighted by Gasteiger charge is 2.02. The number of benzene rings is 2. The lowest BCUT2D eigenvalue weighted by Crippen LogP contribution is -2.30. The molecule has 25 heavy (non-hydrogen) atoms. The van der Waals surface area contributed by atoms with Gasteiger partial charge in [0.05, 0.1) is 0 Å². The molecule has 0 unspecified atom stereocenters. The minimum atomic E-state index is 0.430. The highest BCUT2D eigenvalue weighted by Crippen LogP contribution is 2.18. The largest absolute Gasteiger partial charge is 0.438 e. The zero-order chi connectivity index (χ0) is 17.3. The van der Waals surface area contributed by atoms with Gasteiger partial charge in [-0.15, -0.1) is 10.2 Å². The van der Waals surface area contributed by atoms with E-state index in [2.05, 4.69) is 33.0 Å². The van der Waals surface area contributed by atoms with E-state index in [0.717, 1.165) is 18.7 Å². The van der Waals surface area contributed by atoms with Crippen LogP contribution in [-0.2, 0) is 6.42 Å². The van der Waals surface area contributed by atoms with Crippen LogP contribution in [0.15, 0.2) is 72.8 Å². The van der Waals surface area contributed by atoms with Gasteiger partial charge >= 0.3 is 0 Å². The van der Waals surface area contributed by atoms with Crippen LogP contribution in [-0.4, -0.2) is 21.9 Å². The normalized spacial score (nSPS) is 10.1. The summed E-state index contributed by atoms with van der Waals surface area (Å²) >= 11 is 5.27. The van der Waals surface area contributed by atoms with Crippen LogP contribution >= 0.6 is 12.2 Å². The number of rotatable bonds is 6. The Morgan fingerprint density at radius 2 is 1.60 bits per heavy atom. The van der Waals surface area contributed by atoms with Crippen molar-refractivity contribution in [1.82, 2.24) is 15.5 Å². The quantitative estimate of drug-likeness (QED) is 0.660. The fourth-order valence-electron chi connectivity index (χ4n) is 2.18. The Bertz CT molecular complexity index is 795. The first-order valence-electron chi connectivity index (χ1n) is 7.95. The lowest BCUT2D eigenvalue weighted by atomic mass is 10.1. The number of anilines is 1. The summed E-state index contributed by atoms with van der Waals surface area (Å²) in [5.74, 6) is 1.72. The second-order valence-electron chi connectivity index (χ2n) is 5.29. The topological polar surface area (TPSA) is 59.1 Å². The molecule has 0 spiro atoms. The summed E-state index contributed by atoms with van der Waals surface area (Å²) in [5, 5.41) is 14.8. The number of hydrogen-bond acceptors (Lipinski definition) is 4. The smallest absolute Gasteiger partial charge is 0.238 e. The van der Waals surface area contributed by atoms with Gasteiger partial charge in [0.1, 0.15) is 5.75 Å². The third kappa shape index (κ3) is 5.54. The average Bonchev–Trinajstić information content (AvgIpc) is 2.65. The molecule has 3 rings (SSSR count). The Labute approximate surface area is 152 Å². The lowest BCUT2D eigenvalue weighted by Gasteiger charge is -2.10. The van der Waals surface area contributed by atoms with E-state index in [1.165, 1.54) is 5.56 Å². The standard InChI is InChI=1S/C19H18N4OS/c25-19(20-14-13-15-7-3-1-4-8-15)21-17-11-12-18(23-22-17)24-16-9-5-2-6-10-16/h1-12H,13-14H2,(H2,20,21,22,25). The van der Waals surface area contributed by atoms with E-state index in [0.29, 0.717) is 16.8 Å². The molecule has 0 saturated heterocycles. The molecule has 0 radical (unpaired) electrons. The van der Waals surface area contributed by atoms with Crippen molar-refractivity contribution >= 4 is 23.1 Å². The van der Waals surface area contributed by atoms with Gasteiger partial charge in [-0.1, -0.05) is 48.5 Å². The van der Waals surface area contributed by atoms with Gasteiger partial charge in [0, 0.05) is 12.6 Å². The second-order valence-corrected chi connectivity index (χ2v) is 5.70. The molecule has 126 valence electrons. The Morgan fingerprint density at radius 1 is 0.880 bits per heavy atom. The highest BCUT2D eigenvalue weighted by molar-refractivity contribution is 7.80. The maximum Gasteiger partial charge on any atom is 0.238 e. The number of ether oxygens (including phenoxy) is 1. The highest BCUT2D eigenvalue weighted by atomic mass is 32.1. The Morgan fingerprint density at radius 3 is 2.28 bits per heavy atom. The van der Waals surface area contributed by atoms with E-state index in [1.807, 2.05) is 48.5 Å². The maximum absolute atomic E-state index is 5.60. The molecule has 2 aromatic carbocycles. The van der Waals surface area contributed by atoms with E-state index < -0.39 is 0 Å². The number of para-hydroxylation sites is 1. The molecule has 0 saturated carbocycles. The molecule has 2 N–H and O–H groups in total. The molecule has 0 fully saturated rings. The summed E-state index contributed by atoms with van der Waals surface area (Å²) in [6, 6.07) is 23.2. The molecule has 0 amide bonds. The third-order valence-corrected chi connectivity index (χ3v) is 3.64. The van der Waals surface area contributed by atoms with Gasteiger partial charge in [0.2, 0.25) is 5.88 Å². The Kier molecular flexibility index (Phi) is 5.90. The summed E-state index contributed by atoms with van der Waals surface area (Å²) < 4.78 is 5.60. The monoisotopic (exact) mass is 350 g/mol. The summed E-state index contributed by atoms with van der Waals surface area (Å²) in [6.45, 7) is 0.748. The first kappa shape index (κ1) is 16.9. The molecule has 0 aliphatic rings. The van der Waals surface area contributed by atoms with Gasteiger partial charge in [-0.25, -0.2) is 0 Å². The van der Waals surface area contributed by atoms with Crippen LogP contribution in [0.25, 0.3) is 0 Å². The second kappa shape index (κ2) is 8.75. The molecule has 5 nitrogen and oxygen atoms in total. The fraction of sp³-hybridized carbons (Fsp3) is 0.105. The number of hydrogen-bond donors (Lipinski definition) is 2. The van der Waals surface area contributed by atoms with E-state index in [4.69, 9.17) is 17.0 Å². The SMILES string of the molecule is S=C(NCCc1ccccc1)Nc1ccc(Oc2ccccc2)nn1. The summed E-state index contributed by atoms with van der Waals surface area (Å²) in [6.07, 6.45) is 0.901. The van der Waals surface area contributed by atoms with Crippen LogP contribution in [0.2, 0.25) is 0 Å². The average molecular weight is 350 g/mol. The molecule has 1 heterocycles. The van der Waals surface area contributed by atoms with Gasteiger partial charge < -0.3 is 15.4 Å². The van der Waals surface area contributed by atoms with E-state index in [1.54, 1.807) is 12.1 Å². The van der Waals surface area contributed by atoms with Crippen molar-refractivity contribution in [3.05, 3.63) is 78.4 Å². The summed E-state index contributed by atoms with van der Waals surface area (Å²) in [4.78, 5) is 0. The van der Waals surface area contributed by atoms with Gasteiger partial charge in [-0.3, -0.25) is 0 Å². The number of aromatic nitrogens is 2. The molecule has 0 aliphatic carbocycles. The molecular weight excluding hydrogens is 332 g/mol. The number of nitrogens with zero attached hydrogens (tertiary/aromatic N) is 2. The van der Waals surface area contributed by atoms with Gasteiger partial charge in [-0.05, 0) is 42.4 Å². The zero-order valence-corrected chi connectivity index (χ0v) is 14.4. The first-order chi connectivity index (χ1) is 12.3. The van der Waals surface area contributed by atoms with Gasteiger partial charge in [0.15, 0.2) is 10.9 Å². The molecular formula is C19H18N4OS. The molecule has 3 aromatic rings. The molecule has 0 aliphatic heterocycles. The van der Waals surface area contributed by atoms with Crippen molar-refractivity contribution in [3.63, 3.8) is 0 Å². The van der Waals surface area contributed by atoms with Crippen LogP contribution in [0.5, 0.6) is 11.6 Å². The van der Waals surface area contributed by atoms with Gasteiger partial charge in [-0.2, -0.15) is 0 Å². The maximum atomic E-state index is 5.60. The van der Waals surface area contributed by atoms with Crippen LogP contribution in [0.4, 0.5) is 5.82 Å². The minimum absolute atomic E-state index is 0.430. The first-order valence-corrected chi connectivity index (χ1v) is 8.36. The Hall–Kier alpha value is -2.99. The van der Waals surface area contributed by atoms with Crippen LogP contribution in [0.3, 0.4) is 0 Å². The number of thiocarbonyl (C=S) groups is 1. The molecule has 1 aromatic heterocycles. The van der Waals surface area contributed by atoms with Crippen LogP contribution < -0.4 is 15.4 Å². The zero-order valence-electron chi connectivity index (χ0n) is 13.6. The molecule has 6 heteroatoms. The van der Waals surface area contributed by atoms with E-state index in [9.17, 15) is 0 Å². The third-order valence-electron chi connectivity index (χ3n) is 3.39. The van der Waals surface area contributed by atoms with Crippen molar-refractivity contribution in [3.8, 4) is 11.6 Å². The van der Waals surface area contributed by atoms with E-state index in [-0.39, 0.29) is 0 Å². The predicted molar refractivity (Wildman–Crippen MR) is 103 cm³/mol. The molecule has 0 atom stereocenters. The fourth-order valence-corrected chi connectivity index (χ4v) is 2.38. The van der Waals surface area contributed by atoms with Crippen molar-refractivity contribution in [2.24, 2.45) is 0 Å². The Balaban J connectivity index is 1.45. The minimum Gasteiger partial charge on any atom is -0.438 e. The molecule has 0 bridgehead atoms. The number of nitrogens with one attached hydrogen (secondary N) is 2. The summed E-state index contributed by atoms with van der Waals surface area (Å²) in [5.41, 5.74) is 1.26. The predicted octanol–water partition coefficient (Wildman–Crippen LogP) is 3.80. The van der Waals surface area contributed by atoms with E-state index >= 15 is 0 Å². The van der Waals surface area contributed by atoms with Crippen molar-refractivity contribution < 1.29 is 4.74 Å².